The van der Waals surface area contributed by atoms with Crippen LogP contribution < -0.4 is 10.7 Å². The molecule has 22 heavy (non-hydrogen) atoms. The Kier molecular flexibility index (Phi) is 2.57. The highest BCUT2D eigenvalue weighted by Crippen LogP contribution is 2.31. The molecule has 5 rings (SSSR count). The highest BCUT2D eigenvalue weighted by atomic mass is 14.8. The summed E-state index contributed by atoms with van der Waals surface area (Å²) in [4.78, 5) is 11.3. The van der Waals surface area contributed by atoms with Gasteiger partial charge in [-0.25, -0.2) is 4.98 Å². The number of nitrogens with zero attached hydrogens (tertiary/aromatic N) is 1. The molecule has 3 aromatic heterocycles. The fourth-order valence-corrected chi connectivity index (χ4v) is 4.17. The minimum atomic E-state index is 0.480. The second kappa shape index (κ2) is 4.60. The number of aromatic nitrogens is 3. The third kappa shape index (κ3) is 1.71. The molecule has 0 amide bonds. The normalized spacial score (nSPS) is 20.1. The highest BCUT2D eigenvalue weighted by molar-refractivity contribution is 5.81. The fraction of sp³-hybridized carbons (Fsp3) is 0.316. The number of H-pyrrole nitrogens is 2. The summed E-state index contributed by atoms with van der Waals surface area (Å²) in [5.74, 6) is 0.480. The quantitative estimate of drug-likeness (QED) is 0.710. The molecule has 0 aromatic carbocycles. The van der Waals surface area contributed by atoms with Crippen LogP contribution in [0.15, 0.2) is 24.5 Å². The number of hydrogen-bond donors (Lipinski definition) is 2. The van der Waals surface area contributed by atoms with Gasteiger partial charge in [0, 0.05) is 34.4 Å². The van der Waals surface area contributed by atoms with E-state index < -0.39 is 0 Å². The van der Waals surface area contributed by atoms with Crippen molar-refractivity contribution in [2.75, 3.05) is 0 Å². The van der Waals surface area contributed by atoms with Crippen molar-refractivity contribution >= 4 is 23.2 Å². The molecule has 2 aliphatic carbocycles. The van der Waals surface area contributed by atoms with Crippen LogP contribution >= 0.6 is 0 Å². The molecular formula is C19H19N3. The monoisotopic (exact) mass is 289 g/mol. The van der Waals surface area contributed by atoms with Crippen molar-refractivity contribution in [3.63, 3.8) is 0 Å². The molecule has 1 atom stereocenters. The van der Waals surface area contributed by atoms with Crippen molar-refractivity contribution in [2.24, 2.45) is 0 Å². The molecular weight excluding hydrogens is 270 g/mol. The molecule has 1 unspecified atom stereocenters. The van der Waals surface area contributed by atoms with Crippen molar-refractivity contribution in [1.29, 1.82) is 0 Å². The molecule has 0 fully saturated rings. The third-order valence-corrected chi connectivity index (χ3v) is 5.23. The summed E-state index contributed by atoms with van der Waals surface area (Å²) >= 11 is 0. The Morgan fingerprint density at radius 1 is 1.09 bits per heavy atom. The first kappa shape index (κ1) is 12.3. The van der Waals surface area contributed by atoms with E-state index in [1.165, 1.54) is 53.8 Å². The molecule has 3 heterocycles. The standard InChI is InChI=1S/C19H19N3/c1-2-4-17-14(3-1)15-6-5-12(11-18(15)22-17)13-7-9-20-19-16(13)8-10-21-19/h4,7-12,22H,1-3,5-6H2,(H,20,21). The van der Waals surface area contributed by atoms with Crippen LogP contribution in [0.1, 0.15) is 41.9 Å². The summed E-state index contributed by atoms with van der Waals surface area (Å²) in [6.45, 7) is 0. The van der Waals surface area contributed by atoms with E-state index in [0.29, 0.717) is 5.92 Å². The van der Waals surface area contributed by atoms with E-state index >= 15 is 0 Å². The molecule has 2 N–H and O–H groups in total. The Morgan fingerprint density at radius 2 is 2.05 bits per heavy atom. The predicted molar refractivity (Wildman–Crippen MR) is 89.1 cm³/mol. The van der Waals surface area contributed by atoms with E-state index in [9.17, 15) is 0 Å². The lowest BCUT2D eigenvalue weighted by Crippen LogP contribution is -2.18. The number of fused-ring (bicyclic) bond motifs is 4. The minimum Gasteiger partial charge on any atom is -0.356 e. The Labute approximate surface area is 128 Å². The van der Waals surface area contributed by atoms with Gasteiger partial charge in [-0.2, -0.15) is 0 Å². The second-order valence-corrected chi connectivity index (χ2v) is 6.46. The summed E-state index contributed by atoms with van der Waals surface area (Å²) in [5, 5.41) is 4.00. The van der Waals surface area contributed by atoms with Crippen molar-refractivity contribution in [3.8, 4) is 0 Å². The van der Waals surface area contributed by atoms with E-state index in [0.717, 1.165) is 5.65 Å². The molecule has 2 aliphatic rings. The summed E-state index contributed by atoms with van der Waals surface area (Å²) in [6.07, 6.45) is 14.9. The van der Waals surface area contributed by atoms with E-state index in [4.69, 9.17) is 0 Å². The van der Waals surface area contributed by atoms with E-state index in [2.05, 4.69) is 39.2 Å². The lowest BCUT2D eigenvalue weighted by Gasteiger charge is -2.19. The summed E-state index contributed by atoms with van der Waals surface area (Å²) < 4.78 is 0. The second-order valence-electron chi connectivity index (χ2n) is 6.46. The molecule has 0 aliphatic heterocycles. The van der Waals surface area contributed by atoms with Gasteiger partial charge in [0.15, 0.2) is 0 Å². The smallest absolute Gasteiger partial charge is 0.137 e. The maximum atomic E-state index is 4.41. The molecule has 110 valence electrons. The summed E-state index contributed by atoms with van der Waals surface area (Å²) in [6, 6.07) is 4.33. The van der Waals surface area contributed by atoms with Gasteiger partial charge in [0.25, 0.3) is 0 Å². The zero-order valence-corrected chi connectivity index (χ0v) is 12.5. The molecule has 3 aromatic rings. The van der Waals surface area contributed by atoms with Crippen molar-refractivity contribution in [1.82, 2.24) is 15.0 Å². The maximum Gasteiger partial charge on any atom is 0.137 e. The van der Waals surface area contributed by atoms with Crippen LogP contribution in [0, 0.1) is 0 Å². The van der Waals surface area contributed by atoms with Gasteiger partial charge in [0.1, 0.15) is 5.65 Å². The first-order valence-corrected chi connectivity index (χ1v) is 8.24. The van der Waals surface area contributed by atoms with Gasteiger partial charge in [0.05, 0.1) is 0 Å². The topological polar surface area (TPSA) is 44.5 Å². The largest absolute Gasteiger partial charge is 0.356 e. The molecule has 0 saturated heterocycles. The number of rotatable bonds is 1. The Bertz CT molecular complexity index is 974. The summed E-state index contributed by atoms with van der Waals surface area (Å²) in [5.41, 5.74) is 5.54. The van der Waals surface area contributed by atoms with Crippen molar-refractivity contribution in [2.45, 2.75) is 38.0 Å². The highest BCUT2D eigenvalue weighted by Gasteiger charge is 2.21. The zero-order valence-electron chi connectivity index (χ0n) is 12.5. The maximum absolute atomic E-state index is 4.41. The first-order chi connectivity index (χ1) is 10.9. The van der Waals surface area contributed by atoms with Crippen LogP contribution in [-0.2, 0) is 12.8 Å². The molecule has 3 nitrogen and oxygen atoms in total. The SMILES string of the molecule is C1=c2[nH]c3c(c2CCC1)CCC(c1ccnc2[nH]ccc12)C=3. The third-order valence-electron chi connectivity index (χ3n) is 5.23. The molecule has 0 saturated carbocycles. The first-order valence-electron chi connectivity index (χ1n) is 8.24. The predicted octanol–water partition coefficient (Wildman–Crippen LogP) is 2.52. The van der Waals surface area contributed by atoms with Gasteiger partial charge in [-0.05, 0) is 60.9 Å². The lowest BCUT2D eigenvalue weighted by molar-refractivity contribution is 0.731. The van der Waals surface area contributed by atoms with E-state index in [1.807, 2.05) is 12.4 Å². The lowest BCUT2D eigenvalue weighted by atomic mass is 9.85. The van der Waals surface area contributed by atoms with Gasteiger partial charge in [-0.3, -0.25) is 0 Å². The van der Waals surface area contributed by atoms with E-state index in [1.54, 1.807) is 11.1 Å². The zero-order chi connectivity index (χ0) is 14.5. The number of hydrogen-bond acceptors (Lipinski definition) is 1. The average molecular weight is 289 g/mol. The molecule has 3 heteroatoms. The van der Waals surface area contributed by atoms with E-state index in [-0.39, 0.29) is 0 Å². The molecule has 0 radical (unpaired) electrons. The van der Waals surface area contributed by atoms with Crippen LogP contribution in [0.25, 0.3) is 23.2 Å². The summed E-state index contributed by atoms with van der Waals surface area (Å²) in [7, 11) is 0. The molecule has 0 spiro atoms. The Morgan fingerprint density at radius 3 is 3.05 bits per heavy atom. The van der Waals surface area contributed by atoms with Crippen molar-refractivity contribution in [3.05, 3.63) is 51.9 Å². The molecule has 0 bridgehead atoms. The van der Waals surface area contributed by atoms with Gasteiger partial charge in [0.2, 0.25) is 0 Å². The van der Waals surface area contributed by atoms with Gasteiger partial charge >= 0.3 is 0 Å². The van der Waals surface area contributed by atoms with Crippen molar-refractivity contribution < 1.29 is 0 Å². The minimum absolute atomic E-state index is 0.480. The van der Waals surface area contributed by atoms with Crippen LogP contribution in [0.4, 0.5) is 0 Å². The Hall–Kier alpha value is -2.29. The number of pyridine rings is 1. The number of nitrogens with one attached hydrogen (secondary N) is 2. The van der Waals surface area contributed by atoms with Gasteiger partial charge in [-0.1, -0.05) is 12.2 Å². The van der Waals surface area contributed by atoms with Crippen LogP contribution in [-0.4, -0.2) is 15.0 Å². The van der Waals surface area contributed by atoms with Crippen LogP contribution in [0.2, 0.25) is 0 Å². The van der Waals surface area contributed by atoms with Crippen LogP contribution in [0.3, 0.4) is 0 Å². The fourth-order valence-electron chi connectivity index (χ4n) is 4.17. The van der Waals surface area contributed by atoms with Crippen LogP contribution in [0.5, 0.6) is 0 Å². The Balaban J connectivity index is 1.68. The number of aromatic amines is 2. The van der Waals surface area contributed by atoms with Gasteiger partial charge in [-0.15, -0.1) is 0 Å². The average Bonchev–Trinajstić information content (AvgIpc) is 3.18. The van der Waals surface area contributed by atoms with Gasteiger partial charge < -0.3 is 9.97 Å².